The molecule has 0 radical (unpaired) electrons. The Kier molecular flexibility index (Phi) is 4.99. The zero-order valence-electron chi connectivity index (χ0n) is 13.7. The first-order valence-electron chi connectivity index (χ1n) is 8.07. The number of benzene rings is 1. The lowest BCUT2D eigenvalue weighted by Crippen LogP contribution is -2.34. The summed E-state index contributed by atoms with van der Waals surface area (Å²) in [6.07, 6.45) is 0.655. The van der Waals surface area contributed by atoms with Crippen LogP contribution >= 0.6 is 11.3 Å². The Morgan fingerprint density at radius 1 is 1.28 bits per heavy atom. The number of carbonyl (C=O) groups excluding carboxylic acids is 1. The predicted octanol–water partition coefficient (Wildman–Crippen LogP) is 5.53. The van der Waals surface area contributed by atoms with Crippen molar-refractivity contribution in [1.29, 1.82) is 0 Å². The van der Waals surface area contributed by atoms with Gasteiger partial charge in [-0.15, -0.1) is 11.3 Å². The van der Waals surface area contributed by atoms with Gasteiger partial charge in [-0.1, -0.05) is 18.2 Å². The highest BCUT2D eigenvalue weighted by Crippen LogP contribution is 2.37. The molecule has 1 aliphatic carbocycles. The molecule has 0 saturated heterocycles. The predicted molar refractivity (Wildman–Crippen MR) is 93.1 cm³/mol. The van der Waals surface area contributed by atoms with Gasteiger partial charge in [-0.05, 0) is 55.0 Å². The van der Waals surface area contributed by atoms with Gasteiger partial charge < -0.3 is 4.90 Å². The summed E-state index contributed by atoms with van der Waals surface area (Å²) in [7, 11) is 0. The quantitative estimate of drug-likeness (QED) is 0.638. The second-order valence-electron chi connectivity index (χ2n) is 6.12. The standard InChI is InChI=1S/C19H18F3NOS/c1-13(14-4-2-5-15(12-14)19(20,21)22)23(16-7-8-16)18(24)10-9-17-6-3-11-25-17/h2-6,9-13,16H,7-8H2,1H3/b10-9+. The van der Waals surface area contributed by atoms with Gasteiger partial charge in [-0.3, -0.25) is 4.79 Å². The number of alkyl halides is 3. The van der Waals surface area contributed by atoms with E-state index in [4.69, 9.17) is 0 Å². The van der Waals surface area contributed by atoms with Crippen LogP contribution in [0.2, 0.25) is 0 Å². The zero-order chi connectivity index (χ0) is 18.0. The van der Waals surface area contributed by atoms with Gasteiger partial charge in [0, 0.05) is 17.0 Å². The van der Waals surface area contributed by atoms with Crippen LogP contribution in [0, 0.1) is 0 Å². The SMILES string of the molecule is CC(c1cccc(C(F)(F)F)c1)N(C(=O)/C=C/c1cccs1)C1CC1. The second kappa shape index (κ2) is 7.04. The third-order valence-corrected chi connectivity index (χ3v) is 5.08. The Labute approximate surface area is 148 Å². The minimum atomic E-state index is -4.39. The highest BCUT2D eigenvalue weighted by atomic mass is 32.1. The summed E-state index contributed by atoms with van der Waals surface area (Å²) in [5.41, 5.74) is -0.186. The molecule has 1 amide bonds. The molecule has 1 saturated carbocycles. The van der Waals surface area contributed by atoms with E-state index in [9.17, 15) is 18.0 Å². The fraction of sp³-hybridized carbons (Fsp3) is 0.316. The van der Waals surface area contributed by atoms with Crippen molar-refractivity contribution in [2.45, 2.75) is 38.0 Å². The fourth-order valence-corrected chi connectivity index (χ4v) is 3.42. The smallest absolute Gasteiger partial charge is 0.329 e. The van der Waals surface area contributed by atoms with Crippen LogP contribution < -0.4 is 0 Å². The molecule has 1 fully saturated rings. The maximum absolute atomic E-state index is 12.9. The third-order valence-electron chi connectivity index (χ3n) is 4.24. The van der Waals surface area contributed by atoms with Crippen LogP contribution in [0.5, 0.6) is 0 Å². The first-order chi connectivity index (χ1) is 11.9. The Hall–Kier alpha value is -2.08. The topological polar surface area (TPSA) is 20.3 Å². The number of thiophene rings is 1. The molecule has 0 N–H and O–H groups in total. The van der Waals surface area contributed by atoms with Gasteiger partial charge in [0.05, 0.1) is 11.6 Å². The molecule has 1 atom stereocenters. The summed E-state index contributed by atoms with van der Waals surface area (Å²) in [6.45, 7) is 1.78. The van der Waals surface area contributed by atoms with Crippen molar-refractivity contribution in [3.8, 4) is 0 Å². The third kappa shape index (κ3) is 4.31. The van der Waals surface area contributed by atoms with Crippen LogP contribution in [0.15, 0.2) is 47.9 Å². The minimum absolute atomic E-state index is 0.102. The number of carbonyl (C=O) groups is 1. The fourth-order valence-electron chi connectivity index (χ4n) is 2.80. The molecule has 132 valence electrons. The van der Waals surface area contributed by atoms with Crippen molar-refractivity contribution in [3.05, 3.63) is 63.9 Å². The van der Waals surface area contributed by atoms with E-state index in [1.807, 2.05) is 17.5 Å². The monoisotopic (exact) mass is 365 g/mol. The summed E-state index contributed by atoms with van der Waals surface area (Å²) in [6, 6.07) is 8.73. The largest absolute Gasteiger partial charge is 0.416 e. The Bertz CT molecular complexity index is 763. The molecule has 25 heavy (non-hydrogen) atoms. The summed E-state index contributed by atoms with van der Waals surface area (Å²) in [5.74, 6) is -0.166. The van der Waals surface area contributed by atoms with E-state index in [1.54, 1.807) is 24.0 Å². The molecule has 2 nitrogen and oxygen atoms in total. The minimum Gasteiger partial charge on any atom is -0.329 e. The van der Waals surface area contributed by atoms with Gasteiger partial charge in [-0.2, -0.15) is 13.2 Å². The molecule has 1 aromatic heterocycles. The average molecular weight is 365 g/mol. The number of hydrogen-bond acceptors (Lipinski definition) is 2. The number of rotatable bonds is 5. The Morgan fingerprint density at radius 3 is 2.64 bits per heavy atom. The van der Waals surface area contributed by atoms with Crippen LogP contribution in [0.4, 0.5) is 13.2 Å². The molecule has 1 aromatic carbocycles. The van der Waals surface area contributed by atoms with Crippen molar-refractivity contribution in [1.82, 2.24) is 4.90 Å². The summed E-state index contributed by atoms with van der Waals surface area (Å²) in [5, 5.41) is 1.92. The van der Waals surface area contributed by atoms with Crippen molar-refractivity contribution in [2.75, 3.05) is 0 Å². The van der Waals surface area contributed by atoms with Crippen LogP contribution in [-0.4, -0.2) is 16.8 Å². The van der Waals surface area contributed by atoms with E-state index < -0.39 is 17.8 Å². The highest BCUT2D eigenvalue weighted by molar-refractivity contribution is 7.10. The van der Waals surface area contributed by atoms with E-state index >= 15 is 0 Å². The van der Waals surface area contributed by atoms with Crippen LogP contribution in [0.25, 0.3) is 6.08 Å². The molecular weight excluding hydrogens is 347 g/mol. The van der Waals surface area contributed by atoms with Gasteiger partial charge >= 0.3 is 6.18 Å². The maximum Gasteiger partial charge on any atom is 0.416 e. The molecule has 2 aromatic rings. The van der Waals surface area contributed by atoms with Gasteiger partial charge in [-0.25, -0.2) is 0 Å². The molecule has 1 aliphatic rings. The zero-order valence-corrected chi connectivity index (χ0v) is 14.5. The molecular formula is C19H18F3NOS. The van der Waals surface area contributed by atoms with Gasteiger partial charge in [0.15, 0.2) is 0 Å². The van der Waals surface area contributed by atoms with E-state index in [1.165, 1.54) is 23.5 Å². The normalized spacial score (nSPS) is 16.2. The van der Waals surface area contributed by atoms with Crippen molar-refractivity contribution >= 4 is 23.3 Å². The molecule has 0 spiro atoms. The first kappa shape index (κ1) is 17.7. The first-order valence-corrected chi connectivity index (χ1v) is 8.95. The summed E-state index contributed by atoms with van der Waals surface area (Å²) in [4.78, 5) is 15.3. The van der Waals surface area contributed by atoms with Crippen LogP contribution in [0.1, 0.15) is 41.8 Å². The van der Waals surface area contributed by atoms with Crippen molar-refractivity contribution in [3.63, 3.8) is 0 Å². The highest BCUT2D eigenvalue weighted by Gasteiger charge is 2.36. The lowest BCUT2D eigenvalue weighted by Gasteiger charge is -2.29. The number of hydrogen-bond donors (Lipinski definition) is 0. The Balaban J connectivity index is 1.82. The second-order valence-corrected chi connectivity index (χ2v) is 7.10. The van der Waals surface area contributed by atoms with E-state index in [0.717, 1.165) is 29.9 Å². The lowest BCUT2D eigenvalue weighted by molar-refractivity contribution is -0.137. The van der Waals surface area contributed by atoms with Gasteiger partial charge in [0.2, 0.25) is 5.91 Å². The van der Waals surface area contributed by atoms with Crippen LogP contribution in [0.3, 0.4) is 0 Å². The van der Waals surface area contributed by atoms with E-state index in [2.05, 4.69) is 0 Å². The van der Waals surface area contributed by atoms with E-state index in [0.29, 0.717) is 5.56 Å². The summed E-state index contributed by atoms with van der Waals surface area (Å²) >= 11 is 1.53. The number of amides is 1. The van der Waals surface area contributed by atoms with Crippen molar-refractivity contribution in [2.24, 2.45) is 0 Å². The van der Waals surface area contributed by atoms with Crippen molar-refractivity contribution < 1.29 is 18.0 Å². The molecule has 1 unspecified atom stereocenters. The maximum atomic E-state index is 12.9. The Morgan fingerprint density at radius 2 is 2.04 bits per heavy atom. The summed E-state index contributed by atoms with van der Waals surface area (Å²) < 4.78 is 38.8. The molecule has 6 heteroatoms. The average Bonchev–Trinajstić information content (AvgIpc) is 3.26. The molecule has 0 aliphatic heterocycles. The number of nitrogens with zero attached hydrogens (tertiary/aromatic N) is 1. The lowest BCUT2D eigenvalue weighted by atomic mass is 10.0. The van der Waals surface area contributed by atoms with Crippen LogP contribution in [-0.2, 0) is 11.0 Å². The number of halogens is 3. The van der Waals surface area contributed by atoms with Gasteiger partial charge in [0.1, 0.15) is 0 Å². The molecule has 3 rings (SSSR count). The van der Waals surface area contributed by atoms with E-state index in [-0.39, 0.29) is 11.9 Å². The molecule has 1 heterocycles. The van der Waals surface area contributed by atoms with Gasteiger partial charge in [0.25, 0.3) is 0 Å². The molecule has 0 bridgehead atoms.